The maximum Gasteiger partial charge on any atom is 0.178 e. The normalized spacial score (nSPS) is 19.3. The maximum absolute atomic E-state index is 11.8. The Kier molecular flexibility index (Phi) is 4.69. The van der Waals surface area contributed by atoms with E-state index in [9.17, 15) is 8.42 Å². The second-order valence-corrected chi connectivity index (χ2v) is 6.98. The minimum atomic E-state index is -3.13. The Morgan fingerprint density at radius 2 is 2.05 bits per heavy atom. The van der Waals surface area contributed by atoms with Gasteiger partial charge in [0.15, 0.2) is 9.84 Å². The number of rotatable bonds is 3. The molecule has 1 heterocycles. The van der Waals surface area contributed by atoms with E-state index in [2.05, 4.69) is 22.1 Å². The van der Waals surface area contributed by atoms with Gasteiger partial charge in [-0.25, -0.2) is 8.42 Å². The van der Waals surface area contributed by atoms with E-state index in [1.807, 2.05) is 19.1 Å². The standard InChI is InChI=1S/C15H20N2O2S/c1-3-5-14-12-16-10-11-17(14)13-6-8-15(9-7-13)20(18,19)4-2/h6-9,14,16H,4,10-12H2,1-2H3. The fourth-order valence-electron chi connectivity index (χ4n) is 2.32. The first-order valence-electron chi connectivity index (χ1n) is 6.81. The lowest BCUT2D eigenvalue weighted by atomic mass is 10.1. The minimum Gasteiger partial charge on any atom is -0.355 e. The summed E-state index contributed by atoms with van der Waals surface area (Å²) in [5.41, 5.74) is 1.02. The third-order valence-corrected chi connectivity index (χ3v) is 5.21. The molecule has 5 heteroatoms. The number of hydrogen-bond donors (Lipinski definition) is 1. The van der Waals surface area contributed by atoms with Crippen molar-refractivity contribution in [2.45, 2.75) is 24.8 Å². The molecule has 0 bridgehead atoms. The molecule has 20 heavy (non-hydrogen) atoms. The van der Waals surface area contributed by atoms with Gasteiger partial charge in [-0.2, -0.15) is 0 Å². The molecule has 1 aromatic carbocycles. The summed E-state index contributed by atoms with van der Waals surface area (Å²) >= 11 is 0. The van der Waals surface area contributed by atoms with E-state index < -0.39 is 9.84 Å². The molecule has 1 fully saturated rings. The van der Waals surface area contributed by atoms with Crippen LogP contribution in [0.15, 0.2) is 29.2 Å². The molecular formula is C15H20N2O2S. The van der Waals surface area contributed by atoms with Crippen LogP contribution in [0.5, 0.6) is 0 Å². The average molecular weight is 292 g/mol. The molecule has 1 atom stereocenters. The monoisotopic (exact) mass is 292 g/mol. The van der Waals surface area contributed by atoms with E-state index in [1.165, 1.54) is 0 Å². The molecule has 1 aliphatic rings. The zero-order valence-electron chi connectivity index (χ0n) is 11.9. The highest BCUT2D eigenvalue weighted by atomic mass is 32.2. The van der Waals surface area contributed by atoms with Crippen LogP contribution in [0, 0.1) is 11.8 Å². The SMILES string of the molecule is CC#CC1CNCCN1c1ccc(S(=O)(=O)CC)cc1. The third kappa shape index (κ3) is 3.14. The molecule has 1 unspecified atom stereocenters. The summed E-state index contributed by atoms with van der Waals surface area (Å²) in [5.74, 6) is 6.27. The zero-order chi connectivity index (χ0) is 14.6. The molecule has 0 amide bonds. The topological polar surface area (TPSA) is 49.4 Å². The van der Waals surface area contributed by atoms with E-state index >= 15 is 0 Å². The summed E-state index contributed by atoms with van der Waals surface area (Å²) < 4.78 is 23.6. The van der Waals surface area contributed by atoms with Crippen LogP contribution in [0.2, 0.25) is 0 Å². The summed E-state index contributed by atoms with van der Waals surface area (Å²) in [6.45, 7) is 6.11. The Bertz CT molecular complexity index is 612. The van der Waals surface area contributed by atoms with Crippen LogP contribution in [0.25, 0.3) is 0 Å². The number of hydrogen-bond acceptors (Lipinski definition) is 4. The Balaban J connectivity index is 2.26. The maximum atomic E-state index is 11.8. The second-order valence-electron chi connectivity index (χ2n) is 4.70. The molecule has 1 aromatic rings. The van der Waals surface area contributed by atoms with Gasteiger partial charge in [0.25, 0.3) is 0 Å². The zero-order valence-corrected chi connectivity index (χ0v) is 12.7. The van der Waals surface area contributed by atoms with Crippen molar-refractivity contribution in [1.82, 2.24) is 5.32 Å². The first-order chi connectivity index (χ1) is 9.58. The van der Waals surface area contributed by atoms with E-state index in [0.717, 1.165) is 25.3 Å². The van der Waals surface area contributed by atoms with Gasteiger partial charge < -0.3 is 10.2 Å². The number of piperazine rings is 1. The van der Waals surface area contributed by atoms with Gasteiger partial charge in [-0.1, -0.05) is 12.8 Å². The van der Waals surface area contributed by atoms with E-state index in [1.54, 1.807) is 19.1 Å². The van der Waals surface area contributed by atoms with Crippen molar-refractivity contribution in [2.24, 2.45) is 0 Å². The van der Waals surface area contributed by atoms with Crippen molar-refractivity contribution >= 4 is 15.5 Å². The summed E-state index contributed by atoms with van der Waals surface area (Å²) in [6, 6.07) is 7.26. The van der Waals surface area contributed by atoms with Crippen molar-refractivity contribution in [3.8, 4) is 11.8 Å². The van der Waals surface area contributed by atoms with Crippen LogP contribution >= 0.6 is 0 Å². The number of nitrogens with zero attached hydrogens (tertiary/aromatic N) is 1. The molecule has 0 aromatic heterocycles. The summed E-state index contributed by atoms with van der Waals surface area (Å²) in [4.78, 5) is 2.60. The van der Waals surface area contributed by atoms with E-state index in [0.29, 0.717) is 4.90 Å². The summed E-state index contributed by atoms with van der Waals surface area (Å²) in [7, 11) is -3.13. The van der Waals surface area contributed by atoms with Gasteiger partial charge in [-0.3, -0.25) is 0 Å². The molecule has 4 nitrogen and oxygen atoms in total. The molecule has 1 saturated heterocycles. The third-order valence-electron chi connectivity index (χ3n) is 3.46. The molecule has 0 radical (unpaired) electrons. The Hall–Kier alpha value is -1.51. The quantitative estimate of drug-likeness (QED) is 0.853. The highest BCUT2D eigenvalue weighted by Gasteiger charge is 2.21. The van der Waals surface area contributed by atoms with Gasteiger partial charge in [-0.05, 0) is 31.2 Å². The first kappa shape index (κ1) is 14.9. The predicted molar refractivity (Wildman–Crippen MR) is 81.6 cm³/mol. The van der Waals surface area contributed by atoms with Gasteiger partial charge in [-0.15, -0.1) is 5.92 Å². The molecular weight excluding hydrogens is 272 g/mol. The molecule has 1 aliphatic heterocycles. The van der Waals surface area contributed by atoms with E-state index in [4.69, 9.17) is 0 Å². The van der Waals surface area contributed by atoms with Gasteiger partial charge in [0.1, 0.15) is 6.04 Å². The van der Waals surface area contributed by atoms with Gasteiger partial charge in [0, 0.05) is 25.3 Å². The van der Waals surface area contributed by atoms with Crippen LogP contribution < -0.4 is 10.2 Å². The highest BCUT2D eigenvalue weighted by Crippen LogP contribution is 2.21. The Morgan fingerprint density at radius 3 is 2.65 bits per heavy atom. The number of nitrogens with one attached hydrogen (secondary N) is 1. The fraction of sp³-hybridized carbons (Fsp3) is 0.467. The fourth-order valence-corrected chi connectivity index (χ4v) is 3.20. The summed E-state index contributed by atoms with van der Waals surface area (Å²) in [6.07, 6.45) is 0. The van der Waals surface area contributed by atoms with Gasteiger partial charge >= 0.3 is 0 Å². The van der Waals surface area contributed by atoms with Crippen molar-refractivity contribution in [1.29, 1.82) is 0 Å². The van der Waals surface area contributed by atoms with Crippen molar-refractivity contribution in [2.75, 3.05) is 30.3 Å². The molecule has 108 valence electrons. The minimum absolute atomic E-state index is 0.129. The van der Waals surface area contributed by atoms with Crippen molar-refractivity contribution < 1.29 is 8.42 Å². The number of sulfone groups is 1. The second kappa shape index (κ2) is 6.29. The van der Waals surface area contributed by atoms with Crippen LogP contribution in [-0.2, 0) is 9.84 Å². The lowest BCUT2D eigenvalue weighted by Crippen LogP contribution is -2.50. The molecule has 2 rings (SSSR count). The van der Waals surface area contributed by atoms with Gasteiger partial charge in [0.2, 0.25) is 0 Å². The van der Waals surface area contributed by atoms with Crippen LogP contribution in [0.3, 0.4) is 0 Å². The predicted octanol–water partition coefficient (Wildman–Crippen LogP) is 1.28. The number of anilines is 1. The smallest absolute Gasteiger partial charge is 0.178 e. The van der Waals surface area contributed by atoms with Gasteiger partial charge in [0.05, 0.1) is 10.6 Å². The molecule has 0 aliphatic carbocycles. The van der Waals surface area contributed by atoms with Crippen LogP contribution in [0.4, 0.5) is 5.69 Å². The lowest BCUT2D eigenvalue weighted by molar-refractivity contribution is 0.538. The van der Waals surface area contributed by atoms with Crippen molar-refractivity contribution in [3.05, 3.63) is 24.3 Å². The largest absolute Gasteiger partial charge is 0.355 e. The summed E-state index contributed by atoms with van der Waals surface area (Å²) in [5, 5.41) is 3.32. The highest BCUT2D eigenvalue weighted by molar-refractivity contribution is 7.91. The van der Waals surface area contributed by atoms with Crippen LogP contribution in [-0.4, -0.2) is 39.8 Å². The van der Waals surface area contributed by atoms with Crippen molar-refractivity contribution in [3.63, 3.8) is 0 Å². The first-order valence-corrected chi connectivity index (χ1v) is 8.46. The Morgan fingerprint density at radius 1 is 1.35 bits per heavy atom. The lowest BCUT2D eigenvalue weighted by Gasteiger charge is -2.35. The molecule has 0 spiro atoms. The number of benzene rings is 1. The average Bonchev–Trinajstić information content (AvgIpc) is 2.48. The molecule has 0 saturated carbocycles. The Labute approximate surface area is 121 Å². The van der Waals surface area contributed by atoms with Crippen LogP contribution in [0.1, 0.15) is 13.8 Å². The molecule has 1 N–H and O–H groups in total. The van der Waals surface area contributed by atoms with E-state index in [-0.39, 0.29) is 11.8 Å².